The molecule has 0 N–H and O–H groups in total. The van der Waals surface area contributed by atoms with E-state index in [9.17, 15) is 4.79 Å². The summed E-state index contributed by atoms with van der Waals surface area (Å²) in [7, 11) is 1.64. The first-order valence-electron chi connectivity index (χ1n) is 7.04. The summed E-state index contributed by atoms with van der Waals surface area (Å²) in [5.74, 6) is 2.25. The summed E-state index contributed by atoms with van der Waals surface area (Å²) in [5, 5.41) is 0. The molecule has 0 aliphatic heterocycles. The molecule has 0 aliphatic rings. The van der Waals surface area contributed by atoms with Gasteiger partial charge in [-0.1, -0.05) is 12.1 Å². The van der Waals surface area contributed by atoms with Crippen LogP contribution in [-0.4, -0.2) is 24.5 Å². The fourth-order valence-electron chi connectivity index (χ4n) is 2.29. The van der Waals surface area contributed by atoms with Crippen molar-refractivity contribution in [2.45, 2.75) is 27.3 Å². The minimum atomic E-state index is 0.00247. The van der Waals surface area contributed by atoms with E-state index in [1.807, 2.05) is 45.0 Å². The molecule has 2 aromatic rings. The van der Waals surface area contributed by atoms with Crippen molar-refractivity contribution in [3.05, 3.63) is 53.0 Å². The van der Waals surface area contributed by atoms with Crippen LogP contribution in [0.5, 0.6) is 5.75 Å². The number of carbonyl (C=O) groups is 1. The summed E-state index contributed by atoms with van der Waals surface area (Å²) in [6, 6.07) is 9.56. The largest absolute Gasteiger partial charge is 0.497 e. The molecule has 0 spiro atoms. The van der Waals surface area contributed by atoms with E-state index in [0.717, 1.165) is 17.1 Å². The van der Waals surface area contributed by atoms with E-state index in [2.05, 4.69) is 0 Å². The highest BCUT2D eigenvalue weighted by Gasteiger charge is 2.19. The fourth-order valence-corrected chi connectivity index (χ4v) is 2.29. The zero-order chi connectivity index (χ0) is 15.4. The van der Waals surface area contributed by atoms with E-state index in [4.69, 9.17) is 9.15 Å². The number of amides is 1. The van der Waals surface area contributed by atoms with Gasteiger partial charge in [-0.15, -0.1) is 0 Å². The summed E-state index contributed by atoms with van der Waals surface area (Å²) >= 11 is 0. The number of hydrogen-bond acceptors (Lipinski definition) is 3. The Morgan fingerprint density at radius 1 is 1.24 bits per heavy atom. The maximum atomic E-state index is 12.6. The zero-order valence-electron chi connectivity index (χ0n) is 13.0. The molecule has 0 saturated carbocycles. The highest BCUT2D eigenvalue weighted by Crippen LogP contribution is 2.18. The van der Waals surface area contributed by atoms with Crippen molar-refractivity contribution in [2.75, 3.05) is 13.7 Å². The standard InChI is InChI=1S/C17H21NO3/c1-5-18(11-14-6-8-15(20-4)9-7-14)17(19)16-10-12(2)21-13(16)3/h6-10H,5,11H2,1-4H3. The van der Waals surface area contributed by atoms with Gasteiger partial charge in [-0.2, -0.15) is 0 Å². The van der Waals surface area contributed by atoms with Gasteiger partial charge < -0.3 is 14.1 Å². The molecular weight excluding hydrogens is 266 g/mol. The number of carbonyl (C=O) groups excluding carboxylic acids is 1. The molecule has 2 rings (SSSR count). The maximum Gasteiger partial charge on any atom is 0.257 e. The van der Waals surface area contributed by atoms with Crippen LogP contribution in [0, 0.1) is 13.8 Å². The Labute approximate surface area is 125 Å². The third-order valence-electron chi connectivity index (χ3n) is 3.47. The van der Waals surface area contributed by atoms with Gasteiger partial charge in [-0.05, 0) is 44.5 Å². The molecule has 1 aromatic heterocycles. The van der Waals surface area contributed by atoms with Crippen LogP contribution in [-0.2, 0) is 6.54 Å². The molecule has 1 amide bonds. The van der Waals surface area contributed by atoms with Crippen molar-refractivity contribution in [3.8, 4) is 5.75 Å². The Bertz CT molecular complexity index is 613. The number of rotatable bonds is 5. The number of nitrogens with zero attached hydrogens (tertiary/aromatic N) is 1. The Balaban J connectivity index is 2.15. The summed E-state index contributed by atoms with van der Waals surface area (Å²) in [5.41, 5.74) is 1.71. The molecule has 4 nitrogen and oxygen atoms in total. The van der Waals surface area contributed by atoms with Gasteiger partial charge in [-0.25, -0.2) is 0 Å². The van der Waals surface area contributed by atoms with E-state index in [1.165, 1.54) is 0 Å². The van der Waals surface area contributed by atoms with Gasteiger partial charge in [-0.3, -0.25) is 4.79 Å². The molecule has 0 fully saturated rings. The average molecular weight is 287 g/mol. The second kappa shape index (κ2) is 6.48. The lowest BCUT2D eigenvalue weighted by Crippen LogP contribution is -2.30. The van der Waals surface area contributed by atoms with Crippen LogP contribution in [0.4, 0.5) is 0 Å². The predicted octanol–water partition coefficient (Wildman–Crippen LogP) is 3.57. The van der Waals surface area contributed by atoms with Crippen LogP contribution >= 0.6 is 0 Å². The van der Waals surface area contributed by atoms with Crippen molar-refractivity contribution in [1.82, 2.24) is 4.90 Å². The first-order valence-corrected chi connectivity index (χ1v) is 7.04. The SMILES string of the molecule is CCN(Cc1ccc(OC)cc1)C(=O)c1cc(C)oc1C. The summed E-state index contributed by atoms with van der Waals surface area (Å²) in [6.07, 6.45) is 0. The smallest absolute Gasteiger partial charge is 0.257 e. The van der Waals surface area contributed by atoms with Crippen LogP contribution in [0.2, 0.25) is 0 Å². The van der Waals surface area contributed by atoms with E-state index in [-0.39, 0.29) is 5.91 Å². The van der Waals surface area contributed by atoms with Crippen molar-refractivity contribution in [3.63, 3.8) is 0 Å². The molecule has 21 heavy (non-hydrogen) atoms. The second-order valence-electron chi connectivity index (χ2n) is 4.99. The van der Waals surface area contributed by atoms with Crippen LogP contribution < -0.4 is 4.74 Å². The molecule has 0 bridgehead atoms. The van der Waals surface area contributed by atoms with E-state index >= 15 is 0 Å². The van der Waals surface area contributed by atoms with Crippen LogP contribution in [0.15, 0.2) is 34.7 Å². The van der Waals surface area contributed by atoms with Gasteiger partial charge in [0, 0.05) is 13.1 Å². The summed E-state index contributed by atoms with van der Waals surface area (Å²) < 4.78 is 10.6. The molecule has 112 valence electrons. The number of methoxy groups -OCH3 is 1. The zero-order valence-corrected chi connectivity index (χ0v) is 13.0. The van der Waals surface area contributed by atoms with Gasteiger partial charge in [0.2, 0.25) is 0 Å². The van der Waals surface area contributed by atoms with E-state index < -0.39 is 0 Å². The number of ether oxygens (including phenoxy) is 1. The van der Waals surface area contributed by atoms with Gasteiger partial charge >= 0.3 is 0 Å². The minimum absolute atomic E-state index is 0.00247. The normalized spacial score (nSPS) is 10.5. The quantitative estimate of drug-likeness (QED) is 0.844. The highest BCUT2D eigenvalue weighted by molar-refractivity contribution is 5.95. The van der Waals surface area contributed by atoms with Gasteiger partial charge in [0.1, 0.15) is 17.3 Å². The molecule has 0 saturated heterocycles. The third kappa shape index (κ3) is 3.45. The highest BCUT2D eigenvalue weighted by atomic mass is 16.5. The number of aryl methyl sites for hydroxylation is 2. The van der Waals surface area contributed by atoms with Gasteiger partial charge in [0.05, 0.1) is 12.7 Å². The summed E-state index contributed by atoms with van der Waals surface area (Å²) in [4.78, 5) is 14.4. The van der Waals surface area contributed by atoms with Crippen LogP contribution in [0.1, 0.15) is 34.4 Å². The Hall–Kier alpha value is -2.23. The van der Waals surface area contributed by atoms with E-state index in [1.54, 1.807) is 18.1 Å². The second-order valence-corrected chi connectivity index (χ2v) is 4.99. The molecule has 0 radical (unpaired) electrons. The van der Waals surface area contributed by atoms with Crippen LogP contribution in [0.3, 0.4) is 0 Å². The van der Waals surface area contributed by atoms with Crippen LogP contribution in [0.25, 0.3) is 0 Å². The average Bonchev–Trinajstić information content (AvgIpc) is 2.83. The Morgan fingerprint density at radius 3 is 2.38 bits per heavy atom. The van der Waals surface area contributed by atoms with Gasteiger partial charge in [0.25, 0.3) is 5.91 Å². The lowest BCUT2D eigenvalue weighted by molar-refractivity contribution is 0.0751. The van der Waals surface area contributed by atoms with Gasteiger partial charge in [0.15, 0.2) is 0 Å². The Kier molecular flexibility index (Phi) is 4.68. The molecule has 1 heterocycles. The monoisotopic (exact) mass is 287 g/mol. The molecular formula is C17H21NO3. The van der Waals surface area contributed by atoms with Crippen molar-refractivity contribution >= 4 is 5.91 Å². The molecule has 0 unspecified atom stereocenters. The van der Waals surface area contributed by atoms with E-state index in [0.29, 0.717) is 24.4 Å². The maximum absolute atomic E-state index is 12.6. The first kappa shape index (κ1) is 15.2. The molecule has 4 heteroatoms. The summed E-state index contributed by atoms with van der Waals surface area (Å²) in [6.45, 7) is 6.87. The number of hydrogen-bond donors (Lipinski definition) is 0. The van der Waals surface area contributed by atoms with Crippen molar-refractivity contribution in [1.29, 1.82) is 0 Å². The topological polar surface area (TPSA) is 42.7 Å². The first-order chi connectivity index (χ1) is 10.0. The number of benzene rings is 1. The Morgan fingerprint density at radius 2 is 1.90 bits per heavy atom. The van der Waals surface area contributed by atoms with Crippen molar-refractivity contribution in [2.24, 2.45) is 0 Å². The number of furan rings is 1. The van der Waals surface area contributed by atoms with Crippen molar-refractivity contribution < 1.29 is 13.9 Å². The lowest BCUT2D eigenvalue weighted by Gasteiger charge is -2.20. The predicted molar refractivity (Wildman–Crippen MR) is 81.6 cm³/mol. The molecule has 0 aliphatic carbocycles. The lowest BCUT2D eigenvalue weighted by atomic mass is 10.1. The third-order valence-corrected chi connectivity index (χ3v) is 3.47. The molecule has 0 atom stereocenters. The fraction of sp³-hybridized carbons (Fsp3) is 0.353. The molecule has 1 aromatic carbocycles. The minimum Gasteiger partial charge on any atom is -0.497 e.